The van der Waals surface area contributed by atoms with Crippen LogP contribution in [0, 0.1) is 6.92 Å². The Bertz CT molecular complexity index is 1780. The Morgan fingerprint density at radius 2 is 1.55 bits per heavy atom. The minimum atomic E-state index is -5.17. The van der Waals surface area contributed by atoms with Crippen LogP contribution in [-0.2, 0) is 35.0 Å². The smallest absolute Gasteiger partial charge is 0.416 e. The molecule has 0 spiro atoms. The third-order valence-electron chi connectivity index (χ3n) is 7.83. The van der Waals surface area contributed by atoms with Gasteiger partial charge >= 0.3 is 12.4 Å². The Morgan fingerprint density at radius 1 is 0.872 bits per heavy atom. The van der Waals surface area contributed by atoms with Crippen molar-refractivity contribution in [3.05, 3.63) is 117 Å². The van der Waals surface area contributed by atoms with Crippen molar-refractivity contribution in [2.24, 2.45) is 0 Å². The predicted octanol–water partition coefficient (Wildman–Crippen LogP) is 6.99. The highest BCUT2D eigenvalue weighted by Crippen LogP contribution is 2.36. The van der Waals surface area contributed by atoms with Gasteiger partial charge in [0.25, 0.3) is 5.91 Å². The Morgan fingerprint density at radius 3 is 2.17 bits per heavy atom. The van der Waals surface area contributed by atoms with Crippen LogP contribution in [0.5, 0.6) is 0 Å². The number of alkyl halides is 6. The number of benzene rings is 3. The standard InChI is InChI=1S/C34H30F6N2O5/c1-21-9-10-29-28(12-21)31(44)24(20-47-29)17-41(16-22-6-3-2-4-7-22)30(43)19-42(18-27-8-5-11-46-27)32(45)23-13-25(33(35,36)37)15-26(14-23)34(38,39)40/h2-4,6-7,9-10,12-15,20,27H,5,8,11,16-19H2,1H3. The fourth-order valence-corrected chi connectivity index (χ4v) is 5.41. The molecule has 0 bridgehead atoms. The summed E-state index contributed by atoms with van der Waals surface area (Å²) in [6.07, 6.45) is -8.59. The summed E-state index contributed by atoms with van der Waals surface area (Å²) in [5.74, 6) is -1.90. The topological polar surface area (TPSA) is 80.1 Å². The van der Waals surface area contributed by atoms with Crippen LogP contribution in [0.2, 0.25) is 0 Å². The second-order valence-corrected chi connectivity index (χ2v) is 11.4. The summed E-state index contributed by atoms with van der Waals surface area (Å²) in [5.41, 5.74) is -2.59. The molecular formula is C34H30F6N2O5. The van der Waals surface area contributed by atoms with Gasteiger partial charge in [0.15, 0.2) is 5.43 Å². The summed E-state index contributed by atoms with van der Waals surface area (Å²) in [5, 5.41) is 0.301. The zero-order valence-corrected chi connectivity index (χ0v) is 25.2. The molecule has 5 rings (SSSR count). The molecule has 7 nitrogen and oxygen atoms in total. The quantitative estimate of drug-likeness (QED) is 0.181. The van der Waals surface area contributed by atoms with Gasteiger partial charge < -0.3 is 19.0 Å². The van der Waals surface area contributed by atoms with E-state index in [-0.39, 0.29) is 36.7 Å². The van der Waals surface area contributed by atoms with E-state index in [1.54, 1.807) is 55.5 Å². The molecule has 1 unspecified atom stereocenters. The first-order chi connectivity index (χ1) is 22.2. The van der Waals surface area contributed by atoms with Crippen molar-refractivity contribution in [1.29, 1.82) is 0 Å². The molecule has 0 radical (unpaired) electrons. The van der Waals surface area contributed by atoms with E-state index in [0.29, 0.717) is 48.1 Å². The first-order valence-corrected chi connectivity index (χ1v) is 14.7. The van der Waals surface area contributed by atoms with Gasteiger partial charge in [-0.3, -0.25) is 14.4 Å². The van der Waals surface area contributed by atoms with Crippen molar-refractivity contribution in [1.82, 2.24) is 9.80 Å². The van der Waals surface area contributed by atoms with E-state index in [0.717, 1.165) is 10.5 Å². The molecule has 1 aliphatic heterocycles. The lowest BCUT2D eigenvalue weighted by atomic mass is 10.0. The zero-order valence-electron chi connectivity index (χ0n) is 25.2. The van der Waals surface area contributed by atoms with Gasteiger partial charge in [-0.05, 0) is 55.7 Å². The fourth-order valence-electron chi connectivity index (χ4n) is 5.41. The summed E-state index contributed by atoms with van der Waals surface area (Å²) in [4.78, 5) is 43.2. The maximum absolute atomic E-state index is 14.0. The zero-order chi connectivity index (χ0) is 33.9. The van der Waals surface area contributed by atoms with Gasteiger partial charge in [0.05, 0.1) is 41.0 Å². The third kappa shape index (κ3) is 8.20. The lowest BCUT2D eigenvalue weighted by molar-refractivity contribution is -0.143. The van der Waals surface area contributed by atoms with Gasteiger partial charge in [0.1, 0.15) is 12.1 Å². The summed E-state index contributed by atoms with van der Waals surface area (Å²) in [6, 6.07) is 14.4. The molecule has 1 atom stereocenters. The first kappa shape index (κ1) is 33.7. The lowest BCUT2D eigenvalue weighted by Gasteiger charge is -2.29. The van der Waals surface area contributed by atoms with E-state index < -0.39 is 53.5 Å². The maximum atomic E-state index is 14.0. The first-order valence-electron chi connectivity index (χ1n) is 14.7. The highest BCUT2D eigenvalue weighted by atomic mass is 19.4. The average Bonchev–Trinajstić information content (AvgIpc) is 3.54. The second kappa shape index (κ2) is 13.6. The number of amides is 2. The molecule has 2 amide bonds. The molecule has 3 aromatic carbocycles. The Labute approximate surface area is 265 Å². The molecule has 1 saturated heterocycles. The number of carbonyl (C=O) groups excluding carboxylic acids is 2. The maximum Gasteiger partial charge on any atom is 0.416 e. The molecule has 0 aliphatic carbocycles. The van der Waals surface area contributed by atoms with Gasteiger partial charge in [-0.2, -0.15) is 26.3 Å². The third-order valence-corrected chi connectivity index (χ3v) is 7.83. The molecule has 1 aromatic heterocycles. The van der Waals surface area contributed by atoms with Crippen molar-refractivity contribution in [2.75, 3.05) is 19.7 Å². The van der Waals surface area contributed by atoms with Crippen molar-refractivity contribution in [2.45, 2.75) is 51.3 Å². The molecule has 13 heteroatoms. The number of halogens is 6. The number of nitrogens with zero attached hydrogens (tertiary/aromatic N) is 2. The molecule has 47 heavy (non-hydrogen) atoms. The van der Waals surface area contributed by atoms with Crippen LogP contribution in [0.4, 0.5) is 26.3 Å². The fraction of sp³-hybridized carbons (Fsp3) is 0.324. The molecular weight excluding hydrogens is 630 g/mol. The van der Waals surface area contributed by atoms with Gasteiger partial charge in [-0.1, -0.05) is 42.0 Å². The SMILES string of the molecule is Cc1ccc2occ(CN(Cc3ccccc3)C(=O)CN(CC3CCCO3)C(=O)c3cc(C(F)(F)F)cc(C(F)(F)F)c3)c(=O)c2c1. The van der Waals surface area contributed by atoms with E-state index in [9.17, 15) is 40.7 Å². The average molecular weight is 661 g/mol. The summed E-state index contributed by atoms with van der Waals surface area (Å²) < 4.78 is 92.9. The van der Waals surface area contributed by atoms with E-state index in [4.69, 9.17) is 9.15 Å². The van der Waals surface area contributed by atoms with E-state index in [1.165, 1.54) is 11.2 Å². The number of hydrogen-bond donors (Lipinski definition) is 0. The van der Waals surface area contributed by atoms with E-state index in [1.807, 2.05) is 0 Å². The number of carbonyl (C=O) groups is 2. The summed E-state index contributed by atoms with van der Waals surface area (Å²) in [6.45, 7) is 0.927. The van der Waals surface area contributed by atoms with Crippen LogP contribution >= 0.6 is 0 Å². The highest BCUT2D eigenvalue weighted by Gasteiger charge is 2.38. The lowest BCUT2D eigenvalue weighted by Crippen LogP contribution is -2.45. The van der Waals surface area contributed by atoms with Crippen molar-refractivity contribution >= 4 is 22.8 Å². The van der Waals surface area contributed by atoms with Crippen molar-refractivity contribution < 1.29 is 45.1 Å². The molecule has 2 heterocycles. The van der Waals surface area contributed by atoms with Gasteiger partial charge in [0.2, 0.25) is 5.91 Å². The van der Waals surface area contributed by atoms with Crippen molar-refractivity contribution in [3.8, 4) is 0 Å². The molecule has 0 N–H and O–H groups in total. The van der Waals surface area contributed by atoms with Gasteiger partial charge in [0, 0.05) is 25.3 Å². The van der Waals surface area contributed by atoms with Gasteiger partial charge in [-0.15, -0.1) is 0 Å². The predicted molar refractivity (Wildman–Crippen MR) is 159 cm³/mol. The van der Waals surface area contributed by atoms with Crippen LogP contribution in [0.25, 0.3) is 11.0 Å². The minimum absolute atomic E-state index is 0.0191. The monoisotopic (exact) mass is 660 g/mol. The van der Waals surface area contributed by atoms with E-state index >= 15 is 0 Å². The van der Waals surface area contributed by atoms with Crippen LogP contribution in [0.3, 0.4) is 0 Å². The van der Waals surface area contributed by atoms with Crippen LogP contribution < -0.4 is 5.43 Å². The summed E-state index contributed by atoms with van der Waals surface area (Å²) >= 11 is 0. The Balaban J connectivity index is 1.50. The van der Waals surface area contributed by atoms with Crippen LogP contribution in [0.1, 0.15) is 51.0 Å². The molecule has 4 aromatic rings. The number of rotatable bonds is 9. The molecule has 0 saturated carbocycles. The van der Waals surface area contributed by atoms with Crippen LogP contribution in [0.15, 0.2) is 82.2 Å². The van der Waals surface area contributed by atoms with Crippen LogP contribution in [-0.4, -0.2) is 47.4 Å². The molecule has 248 valence electrons. The molecule has 1 aliphatic rings. The Hall–Kier alpha value is -4.65. The molecule has 1 fully saturated rings. The number of ether oxygens (including phenoxy) is 1. The number of hydrogen-bond acceptors (Lipinski definition) is 5. The van der Waals surface area contributed by atoms with Crippen molar-refractivity contribution in [3.63, 3.8) is 0 Å². The number of fused-ring (bicyclic) bond motifs is 1. The number of aryl methyl sites for hydroxylation is 1. The van der Waals surface area contributed by atoms with Gasteiger partial charge in [-0.25, -0.2) is 0 Å². The normalized spacial score (nSPS) is 15.2. The minimum Gasteiger partial charge on any atom is -0.464 e. The second-order valence-electron chi connectivity index (χ2n) is 11.4. The highest BCUT2D eigenvalue weighted by molar-refractivity contribution is 5.97. The largest absolute Gasteiger partial charge is 0.464 e. The van der Waals surface area contributed by atoms with E-state index in [2.05, 4.69) is 0 Å². The summed E-state index contributed by atoms with van der Waals surface area (Å²) in [7, 11) is 0. The Kier molecular flexibility index (Phi) is 9.76.